The smallest absolute Gasteiger partial charge is 0.340 e. The van der Waals surface area contributed by atoms with E-state index in [1.54, 1.807) is 25.1 Å². The lowest BCUT2D eigenvalue weighted by Crippen LogP contribution is -2.78. The fourth-order valence-corrected chi connectivity index (χ4v) is 8.97. The first-order valence-electron chi connectivity index (χ1n) is 14.8. The molecular weight excluding hydrogens is 542 g/mol. The van der Waals surface area contributed by atoms with Gasteiger partial charge in [0.05, 0.1) is 22.8 Å². The van der Waals surface area contributed by atoms with E-state index in [1.807, 2.05) is 13.0 Å². The third-order valence-corrected chi connectivity index (χ3v) is 11.3. The number of carbonyl (C=O) groups is 3. The number of rotatable bonds is 5. The third kappa shape index (κ3) is 4.17. The minimum atomic E-state index is -1.91. The highest BCUT2D eigenvalue weighted by Crippen LogP contribution is 2.71. The zero-order valence-corrected chi connectivity index (χ0v) is 25.0. The fourth-order valence-electron chi connectivity index (χ4n) is 8.97. The number of amides is 1. The first-order valence-corrected chi connectivity index (χ1v) is 14.8. The Morgan fingerprint density at radius 1 is 1.05 bits per heavy atom. The van der Waals surface area contributed by atoms with E-state index in [9.17, 15) is 34.8 Å². The van der Waals surface area contributed by atoms with Crippen LogP contribution < -0.4 is 5.32 Å². The Bertz CT molecular complexity index is 1330. The van der Waals surface area contributed by atoms with Crippen LogP contribution in [0, 0.1) is 16.7 Å². The molecule has 0 saturated heterocycles. The van der Waals surface area contributed by atoms with E-state index in [1.165, 1.54) is 26.8 Å². The van der Waals surface area contributed by atoms with Crippen LogP contribution >= 0.6 is 0 Å². The lowest BCUT2D eigenvalue weighted by molar-refractivity contribution is -0.326. The summed E-state index contributed by atoms with van der Waals surface area (Å²) in [5.74, 6) is -2.25. The molecule has 9 atom stereocenters. The van der Waals surface area contributed by atoms with Crippen molar-refractivity contribution in [2.45, 2.75) is 115 Å². The molecule has 0 aliphatic heterocycles. The average molecular weight is 586 g/mol. The van der Waals surface area contributed by atoms with Gasteiger partial charge in [-0.2, -0.15) is 0 Å². The number of fused-ring (bicyclic) bond motifs is 5. The Morgan fingerprint density at radius 3 is 2.40 bits per heavy atom. The van der Waals surface area contributed by atoms with Crippen LogP contribution in [0.5, 0.6) is 0 Å². The van der Waals surface area contributed by atoms with Crippen LogP contribution in [0.25, 0.3) is 0 Å². The van der Waals surface area contributed by atoms with Crippen molar-refractivity contribution in [3.8, 4) is 0 Å². The maximum absolute atomic E-state index is 13.4. The quantitative estimate of drug-likeness (QED) is 0.258. The Labute approximate surface area is 246 Å². The van der Waals surface area contributed by atoms with E-state index < -0.39 is 63.8 Å². The molecule has 5 rings (SSSR count). The summed E-state index contributed by atoms with van der Waals surface area (Å²) in [7, 11) is 0. The van der Waals surface area contributed by atoms with Crippen molar-refractivity contribution in [1.29, 1.82) is 0 Å². The summed E-state index contributed by atoms with van der Waals surface area (Å²) in [6, 6.07) is 6.36. The molecule has 5 N–H and O–H groups in total. The molecule has 1 amide bonds. The second-order valence-corrected chi connectivity index (χ2v) is 13.3. The van der Waals surface area contributed by atoms with Gasteiger partial charge in [0.25, 0.3) is 0 Å². The van der Waals surface area contributed by atoms with Gasteiger partial charge in [0.1, 0.15) is 29.0 Å². The highest BCUT2D eigenvalue weighted by Gasteiger charge is 2.81. The summed E-state index contributed by atoms with van der Waals surface area (Å²) in [5.41, 5.74) is -6.27. The van der Waals surface area contributed by atoms with E-state index in [0.29, 0.717) is 19.3 Å². The number of aliphatic hydroxyl groups is 4. The van der Waals surface area contributed by atoms with Crippen molar-refractivity contribution in [3.63, 3.8) is 0 Å². The number of hydrogen-bond acceptors (Lipinski definition) is 9. The van der Waals surface area contributed by atoms with Gasteiger partial charge in [-0.3, -0.25) is 9.59 Å². The molecule has 4 aliphatic carbocycles. The molecule has 42 heavy (non-hydrogen) atoms. The normalized spacial score (nSPS) is 41.4. The van der Waals surface area contributed by atoms with Crippen LogP contribution in [0.4, 0.5) is 5.69 Å². The minimum absolute atomic E-state index is 0.0169. The van der Waals surface area contributed by atoms with Gasteiger partial charge in [0.15, 0.2) is 0 Å². The van der Waals surface area contributed by atoms with Crippen LogP contribution in [0.3, 0.4) is 0 Å². The van der Waals surface area contributed by atoms with Crippen molar-refractivity contribution >= 4 is 23.5 Å². The van der Waals surface area contributed by atoms with E-state index in [2.05, 4.69) is 5.32 Å². The molecule has 3 saturated carbocycles. The van der Waals surface area contributed by atoms with Crippen molar-refractivity contribution in [3.05, 3.63) is 41.5 Å². The molecule has 0 spiro atoms. The predicted molar refractivity (Wildman–Crippen MR) is 152 cm³/mol. The molecule has 0 heterocycles. The van der Waals surface area contributed by atoms with Crippen LogP contribution in [-0.4, -0.2) is 73.4 Å². The fraction of sp³-hybridized carbons (Fsp3) is 0.656. The lowest BCUT2D eigenvalue weighted by atomic mass is 9.42. The summed E-state index contributed by atoms with van der Waals surface area (Å²) >= 11 is 0. The van der Waals surface area contributed by atoms with Crippen molar-refractivity contribution < 1.29 is 44.3 Å². The van der Waals surface area contributed by atoms with Gasteiger partial charge in [0, 0.05) is 19.8 Å². The highest BCUT2D eigenvalue weighted by molar-refractivity contribution is 6.00. The zero-order valence-electron chi connectivity index (χ0n) is 25.0. The monoisotopic (exact) mass is 585 g/mol. The van der Waals surface area contributed by atoms with Crippen LogP contribution in [-0.2, 0) is 19.1 Å². The molecule has 0 bridgehead atoms. The number of hydrogen-bond donors (Lipinski definition) is 5. The zero-order chi connectivity index (χ0) is 30.9. The summed E-state index contributed by atoms with van der Waals surface area (Å²) in [6.45, 7) is 7.77. The molecule has 0 radical (unpaired) electrons. The Kier molecular flexibility index (Phi) is 7.41. The number of aliphatic hydroxyl groups excluding tert-OH is 1. The number of anilines is 1. The average Bonchev–Trinajstić information content (AvgIpc) is 3.14. The van der Waals surface area contributed by atoms with Crippen LogP contribution in [0.1, 0.15) is 89.9 Å². The Hall–Kier alpha value is -2.79. The van der Waals surface area contributed by atoms with Gasteiger partial charge in [-0.25, -0.2) is 4.79 Å². The van der Waals surface area contributed by atoms with Gasteiger partial charge < -0.3 is 35.2 Å². The van der Waals surface area contributed by atoms with Crippen LogP contribution in [0.2, 0.25) is 0 Å². The molecular formula is C32H43NO9. The minimum Gasteiger partial charge on any atom is -0.462 e. The first kappa shape index (κ1) is 30.7. The van der Waals surface area contributed by atoms with Gasteiger partial charge in [-0.1, -0.05) is 37.6 Å². The SMILES string of the molecule is CC(=O)Nc1ccccc1C(=O)O[C@@H](C)[C@]1(O)CC[C@@]2(O)[C@]1(C)[C@H](OC(C)=O)C[C@@H]1[C@@]3(C)CC[C@H](O)CC3=CC[C@]12O. The summed E-state index contributed by atoms with van der Waals surface area (Å²) < 4.78 is 11.7. The number of carbonyl (C=O) groups excluding carboxylic acids is 3. The summed E-state index contributed by atoms with van der Waals surface area (Å²) in [5, 5.41) is 50.6. The van der Waals surface area contributed by atoms with Gasteiger partial charge in [-0.05, 0) is 69.4 Å². The maximum atomic E-state index is 13.4. The van der Waals surface area contributed by atoms with Crippen molar-refractivity contribution in [1.82, 2.24) is 0 Å². The number of para-hydroxylation sites is 1. The summed E-state index contributed by atoms with van der Waals surface area (Å²) in [4.78, 5) is 37.5. The largest absolute Gasteiger partial charge is 0.462 e. The number of nitrogens with one attached hydrogen (secondary N) is 1. The van der Waals surface area contributed by atoms with Crippen LogP contribution in [0.15, 0.2) is 35.9 Å². The molecule has 3 fully saturated rings. The highest BCUT2D eigenvalue weighted by atomic mass is 16.6. The Morgan fingerprint density at radius 2 is 1.74 bits per heavy atom. The molecule has 1 aromatic carbocycles. The topological polar surface area (TPSA) is 163 Å². The Balaban J connectivity index is 1.54. The standard InChI is InChI=1S/C32H43NO9/c1-18(41-27(37)23-8-6-7-9-24(23)33-19(2)34)30(38)14-15-32(40)29(30,5)26(42-20(3)35)17-25-28(4)12-11-22(36)16-21(28)10-13-31(25,32)39/h6-10,18,22,25-26,36,38-40H,11-17H2,1-5H3,(H,33,34)/t18-,22-,25+,26+,28-,29+,30+,31-,32+/m0/s1. The first-order chi connectivity index (χ1) is 19.5. The number of benzene rings is 1. The molecule has 1 aromatic rings. The summed E-state index contributed by atoms with van der Waals surface area (Å²) in [6.07, 6.45) is 1.12. The van der Waals surface area contributed by atoms with Crippen molar-refractivity contribution in [2.24, 2.45) is 16.7 Å². The molecule has 0 aromatic heterocycles. The maximum Gasteiger partial charge on any atom is 0.340 e. The lowest BCUT2D eigenvalue weighted by Gasteiger charge is -2.67. The van der Waals surface area contributed by atoms with Gasteiger partial charge in [-0.15, -0.1) is 0 Å². The third-order valence-electron chi connectivity index (χ3n) is 11.3. The number of ether oxygens (including phenoxy) is 2. The second-order valence-electron chi connectivity index (χ2n) is 13.3. The van der Waals surface area contributed by atoms with E-state index in [4.69, 9.17) is 9.47 Å². The number of esters is 2. The van der Waals surface area contributed by atoms with E-state index in [0.717, 1.165) is 5.57 Å². The van der Waals surface area contributed by atoms with Gasteiger partial charge >= 0.3 is 11.9 Å². The van der Waals surface area contributed by atoms with Gasteiger partial charge in [0.2, 0.25) is 5.91 Å². The molecule has 230 valence electrons. The van der Waals surface area contributed by atoms with Crippen molar-refractivity contribution in [2.75, 3.05) is 5.32 Å². The molecule has 4 aliphatic rings. The molecule has 10 nitrogen and oxygen atoms in total. The molecule has 0 unspecified atom stereocenters. The van der Waals surface area contributed by atoms with E-state index >= 15 is 0 Å². The molecule has 10 heteroatoms. The van der Waals surface area contributed by atoms with E-state index in [-0.39, 0.29) is 42.8 Å². The second kappa shape index (κ2) is 10.1. The predicted octanol–water partition coefficient (Wildman–Crippen LogP) is 3.02.